The second-order valence-electron chi connectivity index (χ2n) is 22.0. The number of methoxy groups -OCH3 is 1. The van der Waals surface area contributed by atoms with Crippen LogP contribution in [0.5, 0.6) is 17.4 Å². The van der Waals surface area contributed by atoms with E-state index in [-0.39, 0.29) is 164 Å². The van der Waals surface area contributed by atoms with Gasteiger partial charge in [-0.2, -0.15) is 9.97 Å². The van der Waals surface area contributed by atoms with E-state index in [1.54, 1.807) is 31.5 Å². The molecule has 0 unspecified atom stereocenters. The molecule has 2 aliphatic carbocycles. The zero-order valence-electron chi connectivity index (χ0n) is 55.8. The van der Waals surface area contributed by atoms with Gasteiger partial charge in [-0.25, -0.2) is 19.9 Å². The largest absolute Gasteiger partial charge is 1.00 e. The Bertz CT molecular complexity index is 3850. The molecule has 5 heterocycles. The Balaban J connectivity index is 0.000000299. The van der Waals surface area contributed by atoms with Gasteiger partial charge < -0.3 is 56.4 Å². The summed E-state index contributed by atoms with van der Waals surface area (Å²) in [6.45, 7) is 12.8. The molecule has 2 saturated carbocycles. The number of carboxylic acids is 2. The van der Waals surface area contributed by atoms with E-state index in [0.717, 1.165) is 59.6 Å². The number of halogens is 1. The maximum absolute atomic E-state index is 9.00. The maximum Gasteiger partial charge on any atom is 1.00 e. The van der Waals surface area contributed by atoms with Crippen molar-refractivity contribution in [3.05, 3.63) is 240 Å². The predicted molar refractivity (Wildman–Crippen MR) is 376 cm³/mol. The minimum Gasteiger partial charge on any atom is -0.565 e. The van der Waals surface area contributed by atoms with Crippen LogP contribution in [0.3, 0.4) is 0 Å². The van der Waals surface area contributed by atoms with Gasteiger partial charge in [0.1, 0.15) is 34.8 Å². The number of aryl methyl sites for hydroxylation is 3. The van der Waals surface area contributed by atoms with E-state index >= 15 is 0 Å². The molecule has 1 aliphatic heterocycles. The van der Waals surface area contributed by atoms with Crippen molar-refractivity contribution in [3.63, 3.8) is 0 Å². The molecule has 10 aromatic rings. The number of nitrogens with zero attached hydrogens (tertiary/aromatic N) is 6. The number of pyridine rings is 2. The topological polar surface area (TPSA) is 293 Å². The smallest absolute Gasteiger partial charge is 0.565 e. The second kappa shape index (κ2) is 42.7. The molecule has 4 aromatic heterocycles. The molecule has 8 N–H and O–H groups in total. The molecule has 496 valence electrons. The van der Waals surface area contributed by atoms with Gasteiger partial charge in [0.15, 0.2) is 0 Å². The monoisotopic (exact) mass is 1690 g/mol. The van der Waals surface area contributed by atoms with Crippen LogP contribution in [0.1, 0.15) is 81.3 Å². The van der Waals surface area contributed by atoms with Crippen LogP contribution >= 0.6 is 27.4 Å². The van der Waals surface area contributed by atoms with E-state index in [1.165, 1.54) is 68.6 Å². The first-order chi connectivity index (χ1) is 45.1. The van der Waals surface area contributed by atoms with Gasteiger partial charge in [-0.15, -0.1) is 0 Å². The Hall–Kier alpha value is -5.29. The van der Waals surface area contributed by atoms with Crippen molar-refractivity contribution in [2.75, 3.05) is 28.8 Å². The summed E-state index contributed by atoms with van der Waals surface area (Å²) < 4.78 is 12.1. The molecule has 19 nitrogen and oxygen atoms in total. The van der Waals surface area contributed by atoms with Gasteiger partial charge in [-0.1, -0.05) is 184 Å². The number of fused-ring (bicyclic) bond motifs is 2. The van der Waals surface area contributed by atoms with E-state index in [1.807, 2.05) is 45.2 Å². The Morgan fingerprint density at radius 3 is 1.32 bits per heavy atom. The van der Waals surface area contributed by atoms with E-state index in [2.05, 4.69) is 217 Å². The van der Waals surface area contributed by atoms with E-state index in [4.69, 9.17) is 61.6 Å². The van der Waals surface area contributed by atoms with Crippen LogP contribution in [0.2, 0.25) is 5.28 Å². The fourth-order valence-electron chi connectivity index (χ4n) is 9.34. The molecule has 0 amide bonds. The molecule has 0 saturated heterocycles. The van der Waals surface area contributed by atoms with Gasteiger partial charge in [-0.3, -0.25) is 9.59 Å². The third-order valence-electron chi connectivity index (χ3n) is 13.9. The quantitative estimate of drug-likeness (QED) is 0.0384. The number of ether oxygens (including phenoxy) is 2. The number of nitrogens with one attached hydrogen (secondary N) is 3. The molecule has 6 aromatic carbocycles. The third-order valence-corrected chi connectivity index (χ3v) is 19.0. The van der Waals surface area contributed by atoms with Crippen LogP contribution in [0.4, 0.5) is 34.0 Å². The molecule has 0 atom stereocenters. The molecule has 97 heavy (non-hydrogen) atoms. The number of rotatable bonds is 13. The number of nitrogens with two attached hydrogens (primary N) is 1. The predicted octanol–water partition coefficient (Wildman–Crippen LogP) is 6.20. The Morgan fingerprint density at radius 1 is 0.567 bits per heavy atom. The first-order valence-electron chi connectivity index (χ1n) is 30.0. The van der Waals surface area contributed by atoms with Crippen molar-refractivity contribution in [2.45, 2.75) is 91.6 Å². The molecular weight excluding hydrogens is 1620 g/mol. The number of aliphatic carboxylic acids is 2. The molecule has 2 fully saturated rings. The van der Waals surface area contributed by atoms with Gasteiger partial charge in [0.25, 0.3) is 11.9 Å². The average molecular weight is 1700 g/mol. The molecule has 3 aliphatic rings. The number of para-hydroxylation sites is 2. The van der Waals surface area contributed by atoms with Crippen molar-refractivity contribution in [1.82, 2.24) is 29.9 Å². The van der Waals surface area contributed by atoms with Crippen molar-refractivity contribution < 1.29 is 202 Å². The van der Waals surface area contributed by atoms with Crippen LogP contribution in [0, 0.1) is 20.8 Å². The van der Waals surface area contributed by atoms with Crippen molar-refractivity contribution in [1.29, 1.82) is 0 Å². The molecule has 13 rings (SSSR count). The standard InChI is InChI=1S/C39H32OP2.C14H17N5.C8H10ClN3.C6H8N2O.2C2H4O2.CH2O3.2Cs.Pd/c1-39(2)33-25-15-27-35(41(29-17-7-3-8-18-29)30-19-9-4-10-20-30)37(33)40-38-34(39)26-16-28-36(38)42(31-21-11-5-12-22-31)32-23-13-6-14-24-32;1-9-8-15-14(19-13(9)17-11-6-7-11)18-12-5-3-4-10(2)16-12;1-5-4-10-8(9)12-7(5)11-6-2-3-6;1-9-6-4-2-3-5(7)8-6;2*1-2(3)4;2-1(3)4;;;/h3-28H,1-2H3;3-5,8,11H,6-7H2,1-2H3,(H2,15,16,17,18,19);4,6H,2-3H2,1H3,(H,10,11,12);2-4H,1H3,(H2,7,8);2*1H3,(H,3,4);(H2,2,3,4);;;/q;;;;;;;2*+1;/p-1. The van der Waals surface area contributed by atoms with Gasteiger partial charge in [0.05, 0.1) is 7.11 Å². The zero-order valence-corrected chi connectivity index (χ0v) is 72.4. The van der Waals surface area contributed by atoms with Crippen molar-refractivity contribution in [2.24, 2.45) is 0 Å². The van der Waals surface area contributed by atoms with Gasteiger partial charge >= 0.3 is 138 Å². The minimum absolute atomic E-state index is 0. The van der Waals surface area contributed by atoms with Gasteiger partial charge in [0, 0.05) is 109 Å². The first kappa shape index (κ1) is 84.1. The number of carbonyl (C=O) groups is 3. The number of nitrogen functional groups attached to an aromatic ring is 1. The minimum atomic E-state index is -2.08. The SMILES string of the molecule is CC(=O)O.CC(=O)O.CC1(C)c2cccc(P(c3ccccc3)c3ccccc3)c2Oc2c(P(c3ccccc3)c3ccccc3)cccc21.COc1cccc(N)n1.Cc1cccc(Nc2ncc(C)c(NC3CC3)n2)n1.Cc1cnc(Cl)nc1NC1CC1.O=C([O-])O.[Cs+].[Cs+].[Pd]. The van der Waals surface area contributed by atoms with E-state index < -0.39 is 33.9 Å². The van der Waals surface area contributed by atoms with Crippen LogP contribution in [-0.2, 0) is 35.4 Å². The third kappa shape index (κ3) is 27.6. The summed E-state index contributed by atoms with van der Waals surface area (Å²) in [4.78, 5) is 51.4. The van der Waals surface area contributed by atoms with Crippen LogP contribution in [-0.4, -0.2) is 82.5 Å². The fraction of sp³-hybridized carbons (Fsp3) is 0.208. The van der Waals surface area contributed by atoms with Gasteiger partial charge in [0.2, 0.25) is 23.3 Å². The van der Waals surface area contributed by atoms with Crippen LogP contribution in [0.25, 0.3) is 0 Å². The van der Waals surface area contributed by atoms with E-state index in [0.29, 0.717) is 35.0 Å². The van der Waals surface area contributed by atoms with E-state index in [9.17, 15) is 0 Å². The molecule has 0 radical (unpaired) electrons. The molecule has 25 heteroatoms. The Kier molecular flexibility index (Phi) is 37.1. The normalized spacial score (nSPS) is 12.2. The van der Waals surface area contributed by atoms with Gasteiger partial charge in [-0.05, 0) is 113 Å². The summed E-state index contributed by atoms with van der Waals surface area (Å²) >= 11 is 5.66. The molecular formula is C72H76ClCs2N10O9P2Pd+. The van der Waals surface area contributed by atoms with Crippen LogP contribution in [0.15, 0.2) is 207 Å². The fourth-order valence-corrected chi connectivity index (χ4v) is 14.3. The number of anilines is 5. The van der Waals surface area contributed by atoms with Crippen LogP contribution < -0.4 is 206 Å². The second-order valence-corrected chi connectivity index (χ2v) is 26.7. The molecule has 0 spiro atoms. The Morgan fingerprint density at radius 2 is 0.948 bits per heavy atom. The first-order valence-corrected chi connectivity index (χ1v) is 33.0. The maximum atomic E-state index is 9.00. The summed E-state index contributed by atoms with van der Waals surface area (Å²) in [6.07, 6.45) is 6.41. The summed E-state index contributed by atoms with van der Waals surface area (Å²) in [7, 11) is -0.0901. The Labute approximate surface area is 705 Å². The number of hydrogen-bond donors (Lipinski definition) is 7. The van der Waals surface area contributed by atoms with Crippen molar-refractivity contribution >= 4 is 107 Å². The summed E-state index contributed by atoms with van der Waals surface area (Å²) in [5.74, 6) is 4.51. The summed E-state index contributed by atoms with van der Waals surface area (Å²) in [5.41, 5.74) is 10.7. The number of benzene rings is 6. The average Bonchev–Trinajstić information content (AvgIpc) is 1.26. The number of aromatic nitrogens is 6. The zero-order chi connectivity index (χ0) is 67.7. The number of carboxylic acid groups (broad SMARTS) is 4. The number of hydrogen-bond acceptors (Lipinski definition) is 16. The molecule has 0 bridgehead atoms. The summed E-state index contributed by atoms with van der Waals surface area (Å²) in [5, 5.41) is 48.1. The summed E-state index contributed by atoms with van der Waals surface area (Å²) in [6, 6.07) is 69.4. The van der Waals surface area contributed by atoms with Crippen molar-refractivity contribution in [3.8, 4) is 17.4 Å².